The van der Waals surface area contributed by atoms with Crippen LogP contribution in [-0.2, 0) is 16.4 Å². The van der Waals surface area contributed by atoms with Gasteiger partial charge in [0.05, 0.1) is 12.0 Å². The summed E-state index contributed by atoms with van der Waals surface area (Å²) >= 11 is 0. The molecule has 0 aliphatic carbocycles. The molecule has 3 aromatic carbocycles. The minimum atomic E-state index is -3.67. The monoisotopic (exact) mass is 394 g/mol. The van der Waals surface area contributed by atoms with E-state index in [1.807, 2.05) is 18.2 Å². The van der Waals surface area contributed by atoms with Gasteiger partial charge in [0.1, 0.15) is 5.75 Å². The van der Waals surface area contributed by atoms with Gasteiger partial charge in [0, 0.05) is 23.6 Å². The third kappa shape index (κ3) is 3.43. The van der Waals surface area contributed by atoms with Gasteiger partial charge in [-0.25, -0.2) is 8.42 Å². The summed E-state index contributed by atoms with van der Waals surface area (Å²) in [5.41, 5.74) is 4.77. The summed E-state index contributed by atoms with van der Waals surface area (Å²) in [4.78, 5) is 2.49. The number of hydrogen-bond donors (Lipinski definition) is 1. The molecule has 0 saturated carbocycles. The van der Waals surface area contributed by atoms with Gasteiger partial charge in [-0.3, -0.25) is 4.72 Å². The van der Waals surface area contributed by atoms with Crippen molar-refractivity contribution >= 4 is 27.1 Å². The van der Waals surface area contributed by atoms with Crippen molar-refractivity contribution in [1.82, 2.24) is 0 Å². The van der Waals surface area contributed by atoms with E-state index < -0.39 is 10.0 Å². The van der Waals surface area contributed by atoms with Gasteiger partial charge in [0.2, 0.25) is 0 Å². The second kappa shape index (κ2) is 7.20. The van der Waals surface area contributed by atoms with Crippen LogP contribution in [0.4, 0.5) is 17.1 Å². The molecule has 0 atom stereocenters. The van der Waals surface area contributed by atoms with Gasteiger partial charge in [-0.05, 0) is 73.0 Å². The van der Waals surface area contributed by atoms with Crippen molar-refractivity contribution in [2.75, 3.05) is 23.3 Å². The van der Waals surface area contributed by atoms with E-state index in [1.54, 1.807) is 44.4 Å². The van der Waals surface area contributed by atoms with Crippen LogP contribution in [0.25, 0.3) is 0 Å². The van der Waals surface area contributed by atoms with Gasteiger partial charge in [0.15, 0.2) is 0 Å². The standard InChI is InChI=1S/C22H22N2O3S/c1-16-15-20(27-2)11-12-22(16)28(25,26)23-18-7-9-19(10-8-18)24-14-13-17-5-3-4-6-21(17)24/h3-12,15,23H,13-14H2,1-2H3. The van der Waals surface area contributed by atoms with Crippen molar-refractivity contribution in [3.63, 3.8) is 0 Å². The van der Waals surface area contributed by atoms with Crippen molar-refractivity contribution in [3.8, 4) is 5.75 Å². The van der Waals surface area contributed by atoms with E-state index in [2.05, 4.69) is 27.8 Å². The first-order chi connectivity index (χ1) is 13.5. The number of methoxy groups -OCH3 is 1. The maximum Gasteiger partial charge on any atom is 0.262 e. The molecule has 144 valence electrons. The van der Waals surface area contributed by atoms with Crippen molar-refractivity contribution in [3.05, 3.63) is 77.9 Å². The Kier molecular flexibility index (Phi) is 4.73. The van der Waals surface area contributed by atoms with Crippen molar-refractivity contribution < 1.29 is 13.2 Å². The highest BCUT2D eigenvalue weighted by Gasteiger charge is 2.20. The summed E-state index contributed by atoms with van der Waals surface area (Å²) in [7, 11) is -2.11. The fourth-order valence-corrected chi connectivity index (χ4v) is 4.86. The van der Waals surface area contributed by atoms with E-state index in [9.17, 15) is 8.42 Å². The Morgan fingerprint density at radius 3 is 2.46 bits per heavy atom. The van der Waals surface area contributed by atoms with Crippen molar-refractivity contribution in [2.24, 2.45) is 0 Å². The maximum absolute atomic E-state index is 12.8. The van der Waals surface area contributed by atoms with E-state index >= 15 is 0 Å². The third-order valence-electron chi connectivity index (χ3n) is 4.99. The van der Waals surface area contributed by atoms with E-state index in [0.717, 1.165) is 18.7 Å². The Hall–Kier alpha value is -2.99. The average molecular weight is 394 g/mol. The molecule has 0 fully saturated rings. The number of benzene rings is 3. The zero-order chi connectivity index (χ0) is 19.7. The number of sulfonamides is 1. The highest BCUT2D eigenvalue weighted by molar-refractivity contribution is 7.92. The van der Waals surface area contributed by atoms with Crippen LogP contribution in [0.5, 0.6) is 5.75 Å². The molecular formula is C22H22N2O3S. The van der Waals surface area contributed by atoms with Crippen molar-refractivity contribution in [2.45, 2.75) is 18.2 Å². The second-order valence-corrected chi connectivity index (χ2v) is 8.46. The lowest BCUT2D eigenvalue weighted by Gasteiger charge is -2.20. The smallest absolute Gasteiger partial charge is 0.262 e. The van der Waals surface area contributed by atoms with Gasteiger partial charge < -0.3 is 9.64 Å². The molecule has 1 heterocycles. The van der Waals surface area contributed by atoms with Crippen LogP contribution in [0.1, 0.15) is 11.1 Å². The van der Waals surface area contributed by atoms with Gasteiger partial charge >= 0.3 is 0 Å². The Labute approximate surface area is 165 Å². The molecule has 0 bridgehead atoms. The molecule has 0 spiro atoms. The Morgan fingerprint density at radius 2 is 1.75 bits per heavy atom. The highest BCUT2D eigenvalue weighted by Crippen LogP contribution is 2.34. The minimum absolute atomic E-state index is 0.242. The summed E-state index contributed by atoms with van der Waals surface area (Å²) in [5.74, 6) is 0.631. The Morgan fingerprint density at radius 1 is 1.00 bits per heavy atom. The maximum atomic E-state index is 12.8. The molecule has 0 saturated heterocycles. The summed E-state index contributed by atoms with van der Waals surface area (Å²) in [5, 5.41) is 0. The molecule has 5 nitrogen and oxygen atoms in total. The highest BCUT2D eigenvalue weighted by atomic mass is 32.2. The number of para-hydroxylation sites is 1. The molecule has 3 aromatic rings. The predicted octanol–water partition coefficient (Wildman–Crippen LogP) is 4.50. The fraction of sp³-hybridized carbons (Fsp3) is 0.182. The molecule has 1 aliphatic rings. The van der Waals surface area contributed by atoms with Gasteiger partial charge in [-0.1, -0.05) is 18.2 Å². The van der Waals surface area contributed by atoms with E-state index in [4.69, 9.17) is 4.74 Å². The van der Waals surface area contributed by atoms with E-state index in [0.29, 0.717) is 17.0 Å². The van der Waals surface area contributed by atoms with Crippen LogP contribution < -0.4 is 14.4 Å². The number of hydrogen-bond acceptors (Lipinski definition) is 4. The zero-order valence-corrected chi connectivity index (χ0v) is 16.7. The fourth-order valence-electron chi connectivity index (χ4n) is 3.58. The summed E-state index contributed by atoms with van der Waals surface area (Å²) in [6.45, 7) is 2.68. The lowest BCUT2D eigenvalue weighted by atomic mass is 10.2. The number of anilines is 3. The minimum Gasteiger partial charge on any atom is -0.497 e. The molecular weight excluding hydrogens is 372 g/mol. The lowest BCUT2D eigenvalue weighted by molar-refractivity contribution is 0.414. The van der Waals surface area contributed by atoms with Crippen LogP contribution in [0.2, 0.25) is 0 Å². The third-order valence-corrected chi connectivity index (χ3v) is 6.53. The van der Waals surface area contributed by atoms with Crippen molar-refractivity contribution in [1.29, 1.82) is 0 Å². The van der Waals surface area contributed by atoms with Crippen LogP contribution in [0.3, 0.4) is 0 Å². The first-order valence-electron chi connectivity index (χ1n) is 9.11. The topological polar surface area (TPSA) is 58.6 Å². The number of rotatable bonds is 5. The van der Waals surface area contributed by atoms with Crippen LogP contribution in [-0.4, -0.2) is 22.1 Å². The SMILES string of the molecule is COc1ccc(S(=O)(=O)Nc2ccc(N3CCc4ccccc43)cc2)c(C)c1. The summed E-state index contributed by atoms with van der Waals surface area (Å²) in [6.07, 6.45) is 1.02. The molecule has 28 heavy (non-hydrogen) atoms. The number of fused-ring (bicyclic) bond motifs is 1. The van der Waals surface area contributed by atoms with Crippen LogP contribution in [0, 0.1) is 6.92 Å². The molecule has 0 radical (unpaired) electrons. The second-order valence-electron chi connectivity index (χ2n) is 6.81. The Bertz CT molecular complexity index is 1110. The molecule has 1 aliphatic heterocycles. The first-order valence-corrected chi connectivity index (χ1v) is 10.6. The lowest BCUT2D eigenvalue weighted by Crippen LogP contribution is -2.15. The van der Waals surface area contributed by atoms with Gasteiger partial charge in [-0.15, -0.1) is 0 Å². The molecule has 6 heteroatoms. The summed E-state index contributed by atoms with van der Waals surface area (Å²) in [6, 6.07) is 20.8. The number of nitrogens with one attached hydrogen (secondary N) is 1. The molecule has 0 aromatic heterocycles. The Balaban J connectivity index is 1.55. The van der Waals surface area contributed by atoms with E-state index in [1.165, 1.54) is 11.3 Å². The average Bonchev–Trinajstić information content (AvgIpc) is 3.12. The summed E-state index contributed by atoms with van der Waals surface area (Å²) < 4.78 is 33.3. The quantitative estimate of drug-likeness (QED) is 0.692. The number of ether oxygens (including phenoxy) is 1. The predicted molar refractivity (Wildman–Crippen MR) is 112 cm³/mol. The molecule has 0 amide bonds. The molecule has 4 rings (SSSR count). The first kappa shape index (κ1) is 18.4. The van der Waals surface area contributed by atoms with Crippen LogP contribution >= 0.6 is 0 Å². The number of aryl methyl sites for hydroxylation is 1. The van der Waals surface area contributed by atoms with Gasteiger partial charge in [-0.2, -0.15) is 0 Å². The normalized spacial score (nSPS) is 13.3. The zero-order valence-electron chi connectivity index (χ0n) is 15.8. The largest absolute Gasteiger partial charge is 0.497 e. The van der Waals surface area contributed by atoms with Gasteiger partial charge in [0.25, 0.3) is 10.0 Å². The number of nitrogens with zero attached hydrogens (tertiary/aromatic N) is 1. The molecule has 1 N–H and O–H groups in total. The van der Waals surface area contributed by atoms with E-state index in [-0.39, 0.29) is 4.90 Å². The van der Waals surface area contributed by atoms with Crippen LogP contribution in [0.15, 0.2) is 71.6 Å². The molecule has 0 unspecified atom stereocenters.